The van der Waals surface area contributed by atoms with Gasteiger partial charge in [-0.1, -0.05) is 6.07 Å². The lowest BCUT2D eigenvalue weighted by Gasteiger charge is -2.09. The Morgan fingerprint density at radius 2 is 1.82 bits per heavy atom. The molecule has 0 aliphatic heterocycles. The summed E-state index contributed by atoms with van der Waals surface area (Å²) in [4.78, 5) is 0. The van der Waals surface area contributed by atoms with Crippen molar-refractivity contribution in [3.63, 3.8) is 0 Å². The van der Waals surface area contributed by atoms with E-state index in [9.17, 15) is 4.39 Å². The van der Waals surface area contributed by atoms with E-state index < -0.39 is 0 Å². The fraction of sp³-hybridized carbons (Fsp3) is 0.143. The van der Waals surface area contributed by atoms with Gasteiger partial charge in [-0.3, -0.25) is 0 Å². The Labute approximate surface area is 99.8 Å². The smallest absolute Gasteiger partial charge is 0.165 e. The Hall–Kier alpha value is -2.03. The topological polar surface area (TPSA) is 35.2 Å². The van der Waals surface area contributed by atoms with Crippen molar-refractivity contribution in [3.05, 3.63) is 53.3 Å². The first-order chi connectivity index (χ1) is 8.06. The van der Waals surface area contributed by atoms with Crippen LogP contribution in [0.5, 0.6) is 11.5 Å². The van der Waals surface area contributed by atoms with E-state index in [1.165, 1.54) is 6.07 Å². The molecule has 0 aliphatic carbocycles. The lowest BCUT2D eigenvalue weighted by atomic mass is 10.2. The second kappa shape index (κ2) is 4.45. The molecule has 2 aromatic carbocycles. The highest BCUT2D eigenvalue weighted by molar-refractivity contribution is 5.50. The van der Waals surface area contributed by atoms with E-state index in [0.717, 1.165) is 11.1 Å². The average molecular weight is 231 g/mol. The molecule has 0 aromatic heterocycles. The highest BCUT2D eigenvalue weighted by atomic mass is 19.1. The summed E-state index contributed by atoms with van der Waals surface area (Å²) in [6.07, 6.45) is 0. The molecule has 17 heavy (non-hydrogen) atoms. The molecule has 2 aromatic rings. The van der Waals surface area contributed by atoms with Crippen molar-refractivity contribution in [2.75, 3.05) is 5.73 Å². The van der Waals surface area contributed by atoms with Gasteiger partial charge in [-0.15, -0.1) is 0 Å². The number of hydrogen-bond acceptors (Lipinski definition) is 2. The SMILES string of the molecule is Cc1ccc(F)c(Oc2ccc(N)c(C)c2)c1. The van der Waals surface area contributed by atoms with Crippen molar-refractivity contribution in [1.29, 1.82) is 0 Å². The first-order valence-electron chi connectivity index (χ1n) is 5.36. The third kappa shape index (κ3) is 2.56. The van der Waals surface area contributed by atoms with Crippen LogP contribution in [0.25, 0.3) is 0 Å². The number of anilines is 1. The molecule has 0 amide bonds. The summed E-state index contributed by atoms with van der Waals surface area (Å²) in [5.74, 6) is 0.445. The number of nitrogens with two attached hydrogens (primary N) is 1. The molecular weight excluding hydrogens is 217 g/mol. The third-order valence-corrected chi connectivity index (χ3v) is 2.56. The molecule has 0 spiro atoms. The minimum absolute atomic E-state index is 0.231. The van der Waals surface area contributed by atoms with E-state index in [1.54, 1.807) is 30.3 Å². The first-order valence-corrected chi connectivity index (χ1v) is 5.36. The van der Waals surface area contributed by atoms with Crippen LogP contribution in [-0.4, -0.2) is 0 Å². The van der Waals surface area contributed by atoms with Gasteiger partial charge < -0.3 is 10.5 Å². The van der Waals surface area contributed by atoms with Crippen molar-refractivity contribution < 1.29 is 9.13 Å². The summed E-state index contributed by atoms with van der Waals surface area (Å²) in [5.41, 5.74) is 8.27. The van der Waals surface area contributed by atoms with Crippen molar-refractivity contribution in [2.45, 2.75) is 13.8 Å². The van der Waals surface area contributed by atoms with Crippen LogP contribution < -0.4 is 10.5 Å². The lowest BCUT2D eigenvalue weighted by molar-refractivity contribution is 0.441. The maximum Gasteiger partial charge on any atom is 0.165 e. The molecule has 2 nitrogen and oxygen atoms in total. The van der Waals surface area contributed by atoms with Crippen LogP contribution in [0.1, 0.15) is 11.1 Å². The zero-order chi connectivity index (χ0) is 12.4. The molecule has 88 valence electrons. The molecule has 2 N–H and O–H groups in total. The molecule has 0 saturated carbocycles. The predicted octanol–water partition coefficient (Wildman–Crippen LogP) is 3.82. The van der Waals surface area contributed by atoms with Crippen molar-refractivity contribution in [1.82, 2.24) is 0 Å². The van der Waals surface area contributed by atoms with Gasteiger partial charge in [0.15, 0.2) is 11.6 Å². The molecule has 0 atom stereocenters. The maximum atomic E-state index is 13.5. The van der Waals surface area contributed by atoms with Gasteiger partial charge in [0, 0.05) is 5.69 Å². The van der Waals surface area contributed by atoms with Crippen LogP contribution >= 0.6 is 0 Å². The van der Waals surface area contributed by atoms with Crippen LogP contribution in [0.3, 0.4) is 0 Å². The number of hydrogen-bond donors (Lipinski definition) is 1. The number of halogens is 1. The summed E-state index contributed by atoms with van der Waals surface area (Å²) < 4.78 is 19.0. The Morgan fingerprint density at radius 1 is 1.06 bits per heavy atom. The van der Waals surface area contributed by atoms with Gasteiger partial charge in [0.2, 0.25) is 0 Å². The van der Waals surface area contributed by atoms with E-state index in [4.69, 9.17) is 10.5 Å². The maximum absolute atomic E-state index is 13.5. The minimum atomic E-state index is -0.370. The van der Waals surface area contributed by atoms with Crippen LogP contribution in [-0.2, 0) is 0 Å². The zero-order valence-electron chi connectivity index (χ0n) is 9.83. The highest BCUT2D eigenvalue weighted by Crippen LogP contribution is 2.27. The second-order valence-corrected chi connectivity index (χ2v) is 4.05. The molecule has 0 fully saturated rings. The van der Waals surface area contributed by atoms with Gasteiger partial charge in [0.1, 0.15) is 5.75 Å². The molecule has 0 bridgehead atoms. The van der Waals surface area contributed by atoms with Crippen LogP contribution in [0.2, 0.25) is 0 Å². The van der Waals surface area contributed by atoms with E-state index >= 15 is 0 Å². The summed E-state index contributed by atoms with van der Waals surface area (Å²) in [6.45, 7) is 3.77. The highest BCUT2D eigenvalue weighted by Gasteiger charge is 2.05. The second-order valence-electron chi connectivity index (χ2n) is 4.05. The molecule has 3 heteroatoms. The quantitative estimate of drug-likeness (QED) is 0.797. The molecule has 0 saturated heterocycles. The summed E-state index contributed by atoms with van der Waals surface area (Å²) in [6, 6.07) is 10.0. The minimum Gasteiger partial charge on any atom is -0.454 e. The van der Waals surface area contributed by atoms with Gasteiger partial charge >= 0.3 is 0 Å². The van der Waals surface area contributed by atoms with E-state index in [2.05, 4.69) is 0 Å². The van der Waals surface area contributed by atoms with E-state index in [-0.39, 0.29) is 11.6 Å². The molecule has 0 unspecified atom stereocenters. The predicted molar refractivity (Wildman–Crippen MR) is 66.8 cm³/mol. The van der Waals surface area contributed by atoms with Crippen LogP contribution in [0.15, 0.2) is 36.4 Å². The standard InChI is InChI=1S/C14H14FNO/c1-9-3-5-12(15)14(7-9)17-11-4-6-13(16)10(2)8-11/h3-8H,16H2,1-2H3. The molecule has 0 aliphatic rings. The summed E-state index contributed by atoms with van der Waals surface area (Å²) >= 11 is 0. The number of aryl methyl sites for hydroxylation is 2. The fourth-order valence-corrected chi connectivity index (χ4v) is 1.53. The number of rotatable bonds is 2. The molecular formula is C14H14FNO. The molecule has 0 radical (unpaired) electrons. The molecule has 2 rings (SSSR count). The largest absolute Gasteiger partial charge is 0.454 e. The van der Waals surface area contributed by atoms with Gasteiger partial charge in [-0.2, -0.15) is 0 Å². The van der Waals surface area contributed by atoms with Crippen molar-refractivity contribution in [3.8, 4) is 11.5 Å². The monoisotopic (exact) mass is 231 g/mol. The van der Waals surface area contributed by atoms with Crippen molar-refractivity contribution in [2.24, 2.45) is 0 Å². The average Bonchev–Trinajstić information content (AvgIpc) is 2.29. The lowest BCUT2D eigenvalue weighted by Crippen LogP contribution is -1.92. The zero-order valence-corrected chi connectivity index (χ0v) is 9.83. The van der Waals surface area contributed by atoms with E-state index in [1.807, 2.05) is 13.8 Å². The fourth-order valence-electron chi connectivity index (χ4n) is 1.53. The van der Waals surface area contributed by atoms with Gasteiger partial charge in [0.05, 0.1) is 0 Å². The van der Waals surface area contributed by atoms with E-state index in [0.29, 0.717) is 11.4 Å². The number of ether oxygens (including phenoxy) is 1. The Kier molecular flexibility index (Phi) is 3.00. The number of benzene rings is 2. The third-order valence-electron chi connectivity index (χ3n) is 2.56. The number of nitrogen functional groups attached to an aromatic ring is 1. The Morgan fingerprint density at radius 3 is 2.53 bits per heavy atom. The van der Waals surface area contributed by atoms with Crippen LogP contribution in [0.4, 0.5) is 10.1 Å². The Bertz CT molecular complexity index is 552. The normalized spacial score (nSPS) is 10.3. The summed E-state index contributed by atoms with van der Waals surface area (Å²) in [5, 5.41) is 0. The van der Waals surface area contributed by atoms with Crippen LogP contribution in [0, 0.1) is 19.7 Å². The van der Waals surface area contributed by atoms with Gasteiger partial charge in [-0.05, 0) is 55.3 Å². The molecule has 0 heterocycles. The van der Waals surface area contributed by atoms with Gasteiger partial charge in [-0.25, -0.2) is 4.39 Å². The Balaban J connectivity index is 2.31. The summed E-state index contributed by atoms with van der Waals surface area (Å²) in [7, 11) is 0. The van der Waals surface area contributed by atoms with Crippen molar-refractivity contribution >= 4 is 5.69 Å². The first kappa shape index (κ1) is 11.5. The van der Waals surface area contributed by atoms with Gasteiger partial charge in [0.25, 0.3) is 0 Å².